The minimum Gasteiger partial charge on any atom is -0.119 e. The zero-order valence-electron chi connectivity index (χ0n) is 11.9. The first-order valence-corrected chi connectivity index (χ1v) is 9.53. The molecule has 0 bridgehead atoms. The molecular weight excluding hydrogens is 431 g/mol. The second kappa shape index (κ2) is 9.53. The highest BCUT2D eigenvalue weighted by Crippen LogP contribution is 2.24. The van der Waals surface area contributed by atoms with Gasteiger partial charge >= 0.3 is 8.25 Å². The van der Waals surface area contributed by atoms with E-state index in [0.717, 1.165) is 20.1 Å². The molecule has 0 heterocycles. The average molecular weight is 447 g/mol. The van der Waals surface area contributed by atoms with Gasteiger partial charge in [-0.2, -0.15) is 0 Å². The number of hydrogen-bond donors (Lipinski definition) is 0. The molecule has 0 amide bonds. The van der Waals surface area contributed by atoms with Gasteiger partial charge in [-0.15, -0.1) is 9.05 Å². The van der Waals surface area contributed by atoms with Crippen LogP contribution in [0.3, 0.4) is 0 Å². The summed E-state index contributed by atoms with van der Waals surface area (Å²) < 4.78 is 24.1. The smallest absolute Gasteiger partial charge is 0.119 e. The summed E-state index contributed by atoms with van der Waals surface area (Å²) in [4.78, 5) is 0. The van der Waals surface area contributed by atoms with Crippen molar-refractivity contribution in [3.8, 4) is 0 Å². The van der Waals surface area contributed by atoms with Crippen molar-refractivity contribution >= 4 is 40.1 Å². The molecule has 0 unspecified atom stereocenters. The lowest BCUT2D eigenvalue weighted by molar-refractivity contribution is 0.229. The Bertz CT molecular complexity index is 581. The van der Waals surface area contributed by atoms with Gasteiger partial charge in [0.25, 0.3) is 0 Å². The van der Waals surface area contributed by atoms with Crippen molar-refractivity contribution in [1.82, 2.24) is 0 Å². The molecule has 0 aliphatic heterocycles. The predicted octanol–water partition coefficient (Wildman–Crippen LogP) is 5.69. The molecular formula is C16H16Br2O3P+. The summed E-state index contributed by atoms with van der Waals surface area (Å²) in [5, 5.41) is 0. The van der Waals surface area contributed by atoms with Crippen molar-refractivity contribution in [1.29, 1.82) is 0 Å². The van der Waals surface area contributed by atoms with E-state index in [-0.39, 0.29) is 0 Å². The SMILES string of the molecule is O=[P+](OCCc1cccc(Br)c1)OCCc1cccc(Br)c1. The van der Waals surface area contributed by atoms with E-state index in [0.29, 0.717) is 26.1 Å². The quantitative estimate of drug-likeness (QED) is 0.489. The summed E-state index contributed by atoms with van der Waals surface area (Å²) in [6.07, 6.45) is 1.41. The Hall–Kier alpha value is -0.580. The van der Waals surface area contributed by atoms with E-state index in [4.69, 9.17) is 9.05 Å². The summed E-state index contributed by atoms with van der Waals surface area (Å²) >= 11 is 6.84. The van der Waals surface area contributed by atoms with Gasteiger partial charge in [-0.25, -0.2) is 0 Å². The topological polar surface area (TPSA) is 35.5 Å². The minimum absolute atomic E-state index is 0.378. The molecule has 0 aliphatic carbocycles. The molecule has 0 atom stereocenters. The molecule has 2 rings (SSSR count). The molecule has 0 fully saturated rings. The lowest BCUT2D eigenvalue weighted by Gasteiger charge is -1.99. The van der Waals surface area contributed by atoms with Crippen molar-refractivity contribution in [2.45, 2.75) is 12.8 Å². The van der Waals surface area contributed by atoms with Gasteiger partial charge in [0.1, 0.15) is 13.2 Å². The van der Waals surface area contributed by atoms with Crippen LogP contribution >= 0.6 is 40.1 Å². The number of hydrogen-bond acceptors (Lipinski definition) is 3. The van der Waals surface area contributed by atoms with E-state index in [1.807, 2.05) is 48.5 Å². The van der Waals surface area contributed by atoms with Crippen molar-refractivity contribution in [2.24, 2.45) is 0 Å². The van der Waals surface area contributed by atoms with E-state index < -0.39 is 8.25 Å². The monoisotopic (exact) mass is 445 g/mol. The molecule has 22 heavy (non-hydrogen) atoms. The van der Waals surface area contributed by atoms with Crippen LogP contribution in [0.4, 0.5) is 0 Å². The van der Waals surface area contributed by atoms with E-state index in [2.05, 4.69) is 31.9 Å². The maximum atomic E-state index is 11.6. The highest BCUT2D eigenvalue weighted by Gasteiger charge is 2.19. The third-order valence-corrected chi connectivity index (χ3v) is 4.73. The van der Waals surface area contributed by atoms with Crippen LogP contribution in [-0.4, -0.2) is 13.2 Å². The van der Waals surface area contributed by atoms with E-state index >= 15 is 0 Å². The molecule has 0 N–H and O–H groups in total. The first-order valence-electron chi connectivity index (χ1n) is 6.85. The maximum Gasteiger partial charge on any atom is 0.697 e. The van der Waals surface area contributed by atoms with Crippen molar-refractivity contribution in [2.75, 3.05) is 13.2 Å². The standard InChI is InChI=1S/C16H16Br2O3P/c17-15-5-1-3-13(11-15)7-9-20-22(19)21-10-8-14-4-2-6-16(18)12-14/h1-6,11-12H,7-10H2/q+1. The first-order chi connectivity index (χ1) is 10.6. The van der Waals surface area contributed by atoms with Crippen LogP contribution in [0, 0.1) is 0 Å². The zero-order chi connectivity index (χ0) is 15.8. The van der Waals surface area contributed by atoms with Crippen LogP contribution in [-0.2, 0) is 26.5 Å². The van der Waals surface area contributed by atoms with Gasteiger partial charge in [0.15, 0.2) is 0 Å². The molecule has 0 saturated heterocycles. The fraction of sp³-hybridized carbons (Fsp3) is 0.250. The average Bonchev–Trinajstić information content (AvgIpc) is 2.47. The second-order valence-corrected chi connectivity index (χ2v) is 7.44. The molecule has 6 heteroatoms. The summed E-state index contributed by atoms with van der Waals surface area (Å²) in [5.74, 6) is 0. The van der Waals surface area contributed by atoms with E-state index in [1.165, 1.54) is 0 Å². The van der Waals surface area contributed by atoms with Crippen molar-refractivity contribution < 1.29 is 13.6 Å². The number of rotatable bonds is 8. The Labute approximate surface area is 148 Å². The Morgan fingerprint density at radius 2 is 1.27 bits per heavy atom. The Morgan fingerprint density at radius 1 is 0.818 bits per heavy atom. The van der Waals surface area contributed by atoms with Gasteiger partial charge in [0, 0.05) is 26.4 Å². The fourth-order valence-corrected chi connectivity index (χ4v) is 3.35. The lowest BCUT2D eigenvalue weighted by Crippen LogP contribution is -1.97. The first kappa shape index (κ1) is 17.8. The molecule has 0 spiro atoms. The predicted molar refractivity (Wildman–Crippen MR) is 95.2 cm³/mol. The molecule has 2 aromatic rings. The van der Waals surface area contributed by atoms with Crippen LogP contribution in [0.25, 0.3) is 0 Å². The van der Waals surface area contributed by atoms with Crippen LogP contribution in [0.1, 0.15) is 11.1 Å². The maximum absolute atomic E-state index is 11.6. The van der Waals surface area contributed by atoms with Gasteiger partial charge < -0.3 is 0 Å². The number of benzene rings is 2. The highest BCUT2D eigenvalue weighted by molar-refractivity contribution is 9.10. The molecule has 0 saturated carbocycles. The zero-order valence-corrected chi connectivity index (χ0v) is 15.9. The number of halogens is 2. The summed E-state index contributed by atoms with van der Waals surface area (Å²) in [7, 11) is -2.06. The molecule has 0 aliphatic rings. The van der Waals surface area contributed by atoms with Crippen LogP contribution in [0.15, 0.2) is 57.5 Å². The molecule has 3 nitrogen and oxygen atoms in total. The lowest BCUT2D eigenvalue weighted by atomic mass is 10.2. The second-order valence-electron chi connectivity index (χ2n) is 4.65. The van der Waals surface area contributed by atoms with Gasteiger partial charge in [0.2, 0.25) is 0 Å². The largest absolute Gasteiger partial charge is 0.697 e. The fourth-order valence-electron chi connectivity index (χ4n) is 1.90. The Kier molecular flexibility index (Phi) is 7.70. The molecule has 116 valence electrons. The molecule has 2 aromatic carbocycles. The van der Waals surface area contributed by atoms with Crippen molar-refractivity contribution in [3.63, 3.8) is 0 Å². The van der Waals surface area contributed by atoms with Crippen LogP contribution < -0.4 is 0 Å². The minimum atomic E-state index is -2.06. The van der Waals surface area contributed by atoms with E-state index in [1.54, 1.807) is 0 Å². The van der Waals surface area contributed by atoms with Gasteiger partial charge in [-0.3, -0.25) is 0 Å². The van der Waals surface area contributed by atoms with Crippen molar-refractivity contribution in [3.05, 3.63) is 68.6 Å². The van der Waals surface area contributed by atoms with Gasteiger partial charge in [-0.1, -0.05) is 56.1 Å². The third kappa shape index (κ3) is 6.67. The van der Waals surface area contributed by atoms with E-state index in [9.17, 15) is 4.57 Å². The summed E-state index contributed by atoms with van der Waals surface area (Å²) in [5.41, 5.74) is 2.26. The summed E-state index contributed by atoms with van der Waals surface area (Å²) in [6, 6.07) is 15.9. The highest BCUT2D eigenvalue weighted by atomic mass is 79.9. The van der Waals surface area contributed by atoms with Crippen LogP contribution in [0.2, 0.25) is 0 Å². The summed E-state index contributed by atoms with van der Waals surface area (Å²) in [6.45, 7) is 0.755. The Balaban J connectivity index is 1.64. The molecule has 0 radical (unpaired) electrons. The van der Waals surface area contributed by atoms with Crippen LogP contribution in [0.5, 0.6) is 0 Å². The van der Waals surface area contributed by atoms with Gasteiger partial charge in [-0.05, 0) is 35.4 Å². The normalized spacial score (nSPS) is 10.6. The molecule has 0 aromatic heterocycles. The third-order valence-electron chi connectivity index (χ3n) is 2.95. The Morgan fingerprint density at radius 3 is 1.68 bits per heavy atom. The van der Waals surface area contributed by atoms with Gasteiger partial charge in [0.05, 0.1) is 0 Å².